The first kappa shape index (κ1) is 15.0. The molecular weight excluding hydrogens is 327 g/mol. The highest BCUT2D eigenvalue weighted by atomic mass is 19.1. The summed E-state index contributed by atoms with van der Waals surface area (Å²) in [7, 11) is 0. The molecule has 25 heavy (non-hydrogen) atoms. The molecule has 1 aromatic carbocycles. The van der Waals surface area contributed by atoms with Gasteiger partial charge in [0.25, 0.3) is 11.8 Å². The number of nitrogens with one attached hydrogen (secondary N) is 2. The number of carbonyl (C=O) groups excluding carboxylic acids is 2. The van der Waals surface area contributed by atoms with E-state index in [9.17, 15) is 14.0 Å². The molecule has 3 aromatic rings. The maximum absolute atomic E-state index is 13.8. The fraction of sp³-hybridized carbons (Fsp3) is 0.0588. The van der Waals surface area contributed by atoms with Crippen molar-refractivity contribution < 1.29 is 18.7 Å². The molecule has 0 bridgehead atoms. The molecule has 0 fully saturated rings. The normalized spacial score (nSPS) is 12.9. The SMILES string of the molecule is O=C1COc2cc(NC(=O)c3cc(F)cc4cccnc34)cnc2N1. The van der Waals surface area contributed by atoms with Crippen LogP contribution in [0.3, 0.4) is 0 Å². The van der Waals surface area contributed by atoms with E-state index in [1.807, 2.05) is 0 Å². The summed E-state index contributed by atoms with van der Waals surface area (Å²) in [4.78, 5) is 32.0. The third-order valence-corrected chi connectivity index (χ3v) is 3.64. The fourth-order valence-corrected chi connectivity index (χ4v) is 2.56. The monoisotopic (exact) mass is 338 g/mol. The van der Waals surface area contributed by atoms with Crippen molar-refractivity contribution in [2.45, 2.75) is 0 Å². The molecule has 1 aliphatic rings. The number of amides is 2. The van der Waals surface area contributed by atoms with Gasteiger partial charge >= 0.3 is 0 Å². The minimum atomic E-state index is -0.528. The number of fused-ring (bicyclic) bond motifs is 2. The fourth-order valence-electron chi connectivity index (χ4n) is 2.56. The van der Waals surface area contributed by atoms with Crippen LogP contribution in [0.25, 0.3) is 10.9 Å². The Hall–Kier alpha value is -3.55. The predicted octanol–water partition coefficient (Wildman–Crippen LogP) is 2.35. The Bertz CT molecular complexity index is 1020. The van der Waals surface area contributed by atoms with E-state index in [1.54, 1.807) is 12.1 Å². The van der Waals surface area contributed by atoms with Gasteiger partial charge in [-0.15, -0.1) is 0 Å². The first-order chi connectivity index (χ1) is 12.1. The number of halogens is 1. The van der Waals surface area contributed by atoms with Crippen molar-refractivity contribution in [2.75, 3.05) is 17.2 Å². The van der Waals surface area contributed by atoms with Crippen LogP contribution in [0.2, 0.25) is 0 Å². The summed E-state index contributed by atoms with van der Waals surface area (Å²) in [6.45, 7) is -0.121. The summed E-state index contributed by atoms with van der Waals surface area (Å²) in [5, 5.41) is 5.72. The van der Waals surface area contributed by atoms with E-state index < -0.39 is 11.7 Å². The van der Waals surface area contributed by atoms with Crippen LogP contribution in [0.4, 0.5) is 15.9 Å². The Morgan fingerprint density at radius 3 is 3.04 bits per heavy atom. The standard InChI is InChI=1S/C17H11FN4O3/c18-10-4-9-2-1-3-19-15(9)12(5-10)17(24)21-11-6-13-16(20-7-11)22-14(23)8-25-13/h1-7H,8H2,(H,21,24)(H,20,22,23). The molecule has 0 saturated heterocycles. The molecule has 3 heterocycles. The van der Waals surface area contributed by atoms with Crippen LogP contribution in [0, 0.1) is 5.82 Å². The van der Waals surface area contributed by atoms with Crippen LogP contribution in [0.1, 0.15) is 10.4 Å². The lowest BCUT2D eigenvalue weighted by atomic mass is 10.1. The third-order valence-electron chi connectivity index (χ3n) is 3.64. The van der Waals surface area contributed by atoms with Gasteiger partial charge in [0.2, 0.25) is 0 Å². The maximum Gasteiger partial charge on any atom is 0.263 e. The first-order valence-electron chi connectivity index (χ1n) is 7.38. The summed E-state index contributed by atoms with van der Waals surface area (Å²) < 4.78 is 19.0. The minimum Gasteiger partial charge on any atom is -0.480 e. The number of benzene rings is 1. The highest BCUT2D eigenvalue weighted by molar-refractivity contribution is 6.12. The van der Waals surface area contributed by atoms with Crippen molar-refractivity contribution in [1.82, 2.24) is 9.97 Å². The summed E-state index contributed by atoms with van der Waals surface area (Å²) in [6, 6.07) is 7.33. The molecule has 2 N–H and O–H groups in total. The molecule has 124 valence electrons. The smallest absolute Gasteiger partial charge is 0.263 e. The predicted molar refractivity (Wildman–Crippen MR) is 88.0 cm³/mol. The second-order valence-corrected chi connectivity index (χ2v) is 5.39. The lowest BCUT2D eigenvalue weighted by molar-refractivity contribution is -0.118. The van der Waals surface area contributed by atoms with Gasteiger partial charge in [-0.25, -0.2) is 9.37 Å². The zero-order valence-corrected chi connectivity index (χ0v) is 12.7. The molecule has 2 amide bonds. The van der Waals surface area contributed by atoms with E-state index in [-0.39, 0.29) is 23.9 Å². The molecule has 0 radical (unpaired) electrons. The zero-order chi connectivity index (χ0) is 17.4. The lowest BCUT2D eigenvalue weighted by Gasteiger charge is -2.17. The van der Waals surface area contributed by atoms with Gasteiger partial charge in [0.05, 0.1) is 23.0 Å². The molecule has 2 aromatic heterocycles. The molecule has 8 heteroatoms. The van der Waals surface area contributed by atoms with Gasteiger partial charge in [0.15, 0.2) is 18.2 Å². The summed E-state index contributed by atoms with van der Waals surface area (Å²) in [5.41, 5.74) is 0.867. The van der Waals surface area contributed by atoms with Gasteiger partial charge in [-0.1, -0.05) is 6.07 Å². The van der Waals surface area contributed by atoms with Crippen LogP contribution < -0.4 is 15.4 Å². The van der Waals surface area contributed by atoms with E-state index >= 15 is 0 Å². The highest BCUT2D eigenvalue weighted by Gasteiger charge is 2.19. The van der Waals surface area contributed by atoms with Crippen LogP contribution in [0.5, 0.6) is 5.75 Å². The first-order valence-corrected chi connectivity index (χ1v) is 7.38. The quantitative estimate of drug-likeness (QED) is 0.748. The van der Waals surface area contributed by atoms with Gasteiger partial charge in [-0.05, 0) is 18.2 Å². The number of rotatable bonds is 2. The van der Waals surface area contributed by atoms with Gasteiger partial charge < -0.3 is 15.4 Å². The van der Waals surface area contributed by atoms with E-state index in [1.165, 1.54) is 24.5 Å². The minimum absolute atomic E-state index is 0.113. The summed E-state index contributed by atoms with van der Waals surface area (Å²) in [6.07, 6.45) is 2.91. The van der Waals surface area contributed by atoms with E-state index in [4.69, 9.17) is 4.74 Å². The van der Waals surface area contributed by atoms with Crippen molar-refractivity contribution in [3.63, 3.8) is 0 Å². The molecule has 7 nitrogen and oxygen atoms in total. The van der Waals surface area contributed by atoms with Crippen molar-refractivity contribution in [2.24, 2.45) is 0 Å². The molecule has 0 atom stereocenters. The van der Waals surface area contributed by atoms with Crippen LogP contribution in [-0.4, -0.2) is 28.4 Å². The number of hydrogen-bond donors (Lipinski definition) is 2. The Kier molecular flexibility index (Phi) is 3.50. The van der Waals surface area contributed by atoms with Crippen LogP contribution in [-0.2, 0) is 4.79 Å². The van der Waals surface area contributed by atoms with E-state index in [0.29, 0.717) is 22.3 Å². The summed E-state index contributed by atoms with van der Waals surface area (Å²) in [5.74, 6) is -0.717. The van der Waals surface area contributed by atoms with Gasteiger partial charge in [-0.3, -0.25) is 14.6 Å². The Morgan fingerprint density at radius 2 is 2.16 bits per heavy atom. The van der Waals surface area contributed by atoms with Crippen molar-refractivity contribution in [3.05, 3.63) is 54.1 Å². The topological polar surface area (TPSA) is 93.2 Å². The molecular formula is C17H11FN4O3. The Balaban J connectivity index is 1.66. The molecule has 1 aliphatic heterocycles. The van der Waals surface area contributed by atoms with Crippen LogP contribution in [0.15, 0.2) is 42.7 Å². The lowest BCUT2D eigenvalue weighted by Crippen LogP contribution is -2.26. The van der Waals surface area contributed by atoms with Gasteiger partial charge in [0, 0.05) is 17.6 Å². The number of ether oxygens (including phenoxy) is 1. The molecule has 0 spiro atoms. The number of pyridine rings is 2. The van der Waals surface area contributed by atoms with Crippen molar-refractivity contribution >= 4 is 34.2 Å². The summed E-state index contributed by atoms with van der Waals surface area (Å²) >= 11 is 0. The number of anilines is 2. The average molecular weight is 338 g/mol. The number of nitrogens with zero attached hydrogens (tertiary/aromatic N) is 2. The van der Waals surface area contributed by atoms with Crippen molar-refractivity contribution in [1.29, 1.82) is 0 Å². The van der Waals surface area contributed by atoms with Crippen molar-refractivity contribution in [3.8, 4) is 5.75 Å². The number of carbonyl (C=O) groups is 2. The average Bonchev–Trinajstić information content (AvgIpc) is 2.61. The largest absolute Gasteiger partial charge is 0.480 e. The number of aromatic nitrogens is 2. The molecule has 0 saturated carbocycles. The maximum atomic E-state index is 13.8. The van der Waals surface area contributed by atoms with Gasteiger partial charge in [0.1, 0.15) is 5.82 Å². The third kappa shape index (κ3) is 2.85. The second-order valence-electron chi connectivity index (χ2n) is 5.39. The highest BCUT2D eigenvalue weighted by Crippen LogP contribution is 2.28. The Labute approximate surface area is 140 Å². The van der Waals surface area contributed by atoms with Gasteiger partial charge in [-0.2, -0.15) is 0 Å². The number of hydrogen-bond acceptors (Lipinski definition) is 5. The second kappa shape index (κ2) is 5.82. The molecule has 0 aliphatic carbocycles. The van der Waals surface area contributed by atoms with E-state index in [2.05, 4.69) is 20.6 Å². The van der Waals surface area contributed by atoms with E-state index in [0.717, 1.165) is 6.07 Å². The Morgan fingerprint density at radius 1 is 1.28 bits per heavy atom. The molecule has 4 rings (SSSR count). The van der Waals surface area contributed by atoms with Crippen LogP contribution >= 0.6 is 0 Å². The zero-order valence-electron chi connectivity index (χ0n) is 12.7. The molecule has 0 unspecified atom stereocenters.